The number of hydrogen-bond acceptors (Lipinski definition) is 2. The number of hydrogen-bond donors (Lipinski definition) is 0. The van der Waals surface area contributed by atoms with Crippen LogP contribution < -0.4 is 4.74 Å². The van der Waals surface area contributed by atoms with Crippen LogP contribution in [-0.2, 0) is 4.79 Å². The molecule has 1 aromatic rings. The van der Waals surface area contributed by atoms with E-state index in [1.165, 1.54) is 16.7 Å². The fraction of sp³-hybridized carbons (Fsp3) is 0.350. The summed E-state index contributed by atoms with van der Waals surface area (Å²) in [4.78, 5) is 12.4. The van der Waals surface area contributed by atoms with E-state index < -0.39 is 0 Å². The van der Waals surface area contributed by atoms with Gasteiger partial charge in [0.2, 0.25) is 0 Å². The molecule has 0 aliphatic heterocycles. The highest BCUT2D eigenvalue weighted by Gasteiger charge is 2.50. The zero-order valence-corrected chi connectivity index (χ0v) is 13.0. The third-order valence-electron chi connectivity index (χ3n) is 5.70. The van der Waals surface area contributed by atoms with Crippen LogP contribution in [0.4, 0.5) is 0 Å². The van der Waals surface area contributed by atoms with Gasteiger partial charge in [-0.1, -0.05) is 37.3 Å². The van der Waals surface area contributed by atoms with Gasteiger partial charge in [0.25, 0.3) is 0 Å². The monoisotopic (exact) mass is 292 g/mol. The molecule has 22 heavy (non-hydrogen) atoms. The Morgan fingerprint density at radius 1 is 1.27 bits per heavy atom. The number of rotatable bonds is 2. The minimum absolute atomic E-state index is 0.206. The average Bonchev–Trinajstić information content (AvgIpc) is 2.91. The number of ketones is 1. The van der Waals surface area contributed by atoms with Gasteiger partial charge in [-0.3, -0.25) is 4.79 Å². The molecule has 0 N–H and O–H groups in total. The maximum Gasteiger partial charge on any atom is 0.162 e. The first-order chi connectivity index (χ1) is 10.7. The Kier molecular flexibility index (Phi) is 2.90. The van der Waals surface area contributed by atoms with Crippen LogP contribution in [0, 0.1) is 17.3 Å². The zero-order chi connectivity index (χ0) is 15.3. The smallest absolute Gasteiger partial charge is 0.162 e. The highest BCUT2D eigenvalue weighted by Crippen LogP contribution is 2.55. The van der Waals surface area contributed by atoms with Crippen molar-refractivity contribution in [3.63, 3.8) is 0 Å². The number of carbonyl (C=O) groups is 1. The Hall–Kier alpha value is -2.09. The van der Waals surface area contributed by atoms with E-state index >= 15 is 0 Å². The number of methoxy groups -OCH3 is 1. The number of allylic oxidation sites excluding steroid dienone is 5. The summed E-state index contributed by atoms with van der Waals surface area (Å²) >= 11 is 0. The molecular formula is C20H20O2. The van der Waals surface area contributed by atoms with Crippen LogP contribution in [0.3, 0.4) is 0 Å². The Balaban J connectivity index is 1.82. The van der Waals surface area contributed by atoms with Crippen molar-refractivity contribution >= 4 is 17.4 Å². The Bertz CT molecular complexity index is 738. The second-order valence-electron chi connectivity index (χ2n) is 6.46. The molecule has 3 aliphatic rings. The van der Waals surface area contributed by atoms with Crippen LogP contribution in [0.1, 0.15) is 30.9 Å². The quantitative estimate of drug-likeness (QED) is 0.813. The topological polar surface area (TPSA) is 26.3 Å². The number of carbonyl (C=O) groups excluding carboxylic acids is 1. The molecule has 0 unspecified atom stereocenters. The maximum atomic E-state index is 12.4. The van der Waals surface area contributed by atoms with Crippen LogP contribution >= 0.6 is 0 Å². The molecule has 0 saturated heterocycles. The summed E-state index contributed by atoms with van der Waals surface area (Å²) in [6, 6.07) is 6.25. The molecule has 2 nitrogen and oxygen atoms in total. The summed E-state index contributed by atoms with van der Waals surface area (Å²) in [7, 11) is 1.70. The molecule has 1 aromatic carbocycles. The molecule has 0 heterocycles. The Labute approximate surface area is 131 Å². The molecule has 3 aliphatic carbocycles. The van der Waals surface area contributed by atoms with Gasteiger partial charge in [-0.2, -0.15) is 0 Å². The number of benzene rings is 1. The van der Waals surface area contributed by atoms with E-state index in [0.29, 0.717) is 17.6 Å². The summed E-state index contributed by atoms with van der Waals surface area (Å²) < 4.78 is 5.32. The first-order valence-electron chi connectivity index (χ1n) is 7.99. The van der Waals surface area contributed by atoms with E-state index in [4.69, 9.17) is 4.74 Å². The van der Waals surface area contributed by atoms with Crippen LogP contribution in [0.2, 0.25) is 0 Å². The van der Waals surface area contributed by atoms with Crippen molar-refractivity contribution in [1.29, 1.82) is 0 Å². The predicted molar refractivity (Wildman–Crippen MR) is 88.5 cm³/mol. The molecule has 3 atom stereocenters. The Morgan fingerprint density at radius 2 is 2.14 bits per heavy atom. The second-order valence-corrected chi connectivity index (χ2v) is 6.46. The van der Waals surface area contributed by atoms with Crippen LogP contribution in [-0.4, -0.2) is 12.9 Å². The van der Waals surface area contributed by atoms with Crippen LogP contribution in [0.15, 0.2) is 42.5 Å². The van der Waals surface area contributed by atoms with E-state index in [-0.39, 0.29) is 5.41 Å². The zero-order valence-electron chi connectivity index (χ0n) is 13.0. The molecule has 0 aromatic heterocycles. The van der Waals surface area contributed by atoms with Crippen molar-refractivity contribution < 1.29 is 9.53 Å². The summed E-state index contributed by atoms with van der Waals surface area (Å²) in [6.45, 7) is 2.14. The van der Waals surface area contributed by atoms with Gasteiger partial charge in [0.1, 0.15) is 5.75 Å². The van der Waals surface area contributed by atoms with Crippen molar-refractivity contribution in [1.82, 2.24) is 0 Å². The second kappa shape index (κ2) is 4.70. The lowest BCUT2D eigenvalue weighted by Crippen LogP contribution is -2.39. The SMILES string of the molecule is CC[C@]12CC=C3c4ccc(OC)cc4C=C[C@H]3[C@@H]1C=CC2=O. The highest BCUT2D eigenvalue weighted by atomic mass is 16.5. The highest BCUT2D eigenvalue weighted by molar-refractivity contribution is 5.99. The standard InChI is InChI=1S/C20H20O2/c1-3-20-11-10-16-15-7-5-14(22-2)12-13(15)4-6-17(16)18(20)8-9-19(20)21/h4-10,12,17-18H,3,11H2,1-2H3/t17-,18+,20+/m1/s1. The molecule has 0 radical (unpaired) electrons. The first kappa shape index (κ1) is 13.6. The van der Waals surface area contributed by atoms with E-state index in [1.54, 1.807) is 7.11 Å². The molecule has 4 rings (SSSR count). The van der Waals surface area contributed by atoms with Crippen LogP contribution in [0.25, 0.3) is 11.6 Å². The number of fused-ring (bicyclic) bond motifs is 5. The lowest BCUT2D eigenvalue weighted by Gasteiger charge is -2.42. The summed E-state index contributed by atoms with van der Waals surface area (Å²) in [5.74, 6) is 1.81. The summed E-state index contributed by atoms with van der Waals surface area (Å²) in [6.07, 6.45) is 12.5. The minimum atomic E-state index is -0.206. The molecule has 0 fully saturated rings. The third kappa shape index (κ3) is 1.64. The fourth-order valence-corrected chi connectivity index (χ4v) is 4.37. The maximum absolute atomic E-state index is 12.4. The molecule has 112 valence electrons. The normalized spacial score (nSPS) is 31.4. The minimum Gasteiger partial charge on any atom is -0.497 e. The van der Waals surface area contributed by atoms with Crippen molar-refractivity contribution in [2.45, 2.75) is 19.8 Å². The summed E-state index contributed by atoms with van der Waals surface area (Å²) in [5, 5.41) is 0. The van der Waals surface area contributed by atoms with Gasteiger partial charge in [-0.25, -0.2) is 0 Å². The predicted octanol–water partition coefficient (Wildman–Crippen LogP) is 4.28. The first-order valence-corrected chi connectivity index (χ1v) is 7.99. The number of ether oxygens (including phenoxy) is 1. The molecule has 0 saturated carbocycles. The van der Waals surface area contributed by atoms with Crippen molar-refractivity contribution in [2.75, 3.05) is 7.11 Å². The van der Waals surface area contributed by atoms with Gasteiger partial charge in [0.05, 0.1) is 7.11 Å². The largest absolute Gasteiger partial charge is 0.497 e. The summed E-state index contributed by atoms with van der Waals surface area (Å²) in [5.41, 5.74) is 3.65. The molecule has 0 spiro atoms. The third-order valence-corrected chi connectivity index (χ3v) is 5.70. The van der Waals surface area contributed by atoms with Gasteiger partial charge in [-0.05, 0) is 47.8 Å². The van der Waals surface area contributed by atoms with E-state index in [0.717, 1.165) is 18.6 Å². The lowest BCUT2D eigenvalue weighted by molar-refractivity contribution is -0.125. The van der Waals surface area contributed by atoms with Gasteiger partial charge in [-0.15, -0.1) is 0 Å². The van der Waals surface area contributed by atoms with E-state index in [2.05, 4.69) is 43.4 Å². The van der Waals surface area contributed by atoms with Crippen molar-refractivity contribution in [3.05, 3.63) is 53.6 Å². The lowest BCUT2D eigenvalue weighted by atomic mass is 9.59. The van der Waals surface area contributed by atoms with Gasteiger partial charge < -0.3 is 4.74 Å². The van der Waals surface area contributed by atoms with Crippen molar-refractivity contribution in [3.8, 4) is 5.75 Å². The van der Waals surface area contributed by atoms with Crippen LogP contribution in [0.5, 0.6) is 5.75 Å². The Morgan fingerprint density at radius 3 is 2.91 bits per heavy atom. The fourth-order valence-electron chi connectivity index (χ4n) is 4.37. The molecular weight excluding hydrogens is 272 g/mol. The van der Waals surface area contributed by atoms with Gasteiger partial charge >= 0.3 is 0 Å². The van der Waals surface area contributed by atoms with E-state index in [9.17, 15) is 4.79 Å². The van der Waals surface area contributed by atoms with Gasteiger partial charge in [0.15, 0.2) is 5.78 Å². The molecule has 2 heteroatoms. The van der Waals surface area contributed by atoms with Gasteiger partial charge in [0, 0.05) is 17.3 Å². The average molecular weight is 292 g/mol. The molecule has 0 amide bonds. The van der Waals surface area contributed by atoms with E-state index in [1.807, 2.05) is 12.1 Å². The molecule has 0 bridgehead atoms. The van der Waals surface area contributed by atoms with Crippen molar-refractivity contribution in [2.24, 2.45) is 17.3 Å².